The van der Waals surface area contributed by atoms with E-state index in [-0.39, 0.29) is 5.41 Å². The predicted octanol–water partition coefficient (Wildman–Crippen LogP) is 4.59. The predicted molar refractivity (Wildman–Crippen MR) is 89.7 cm³/mol. The van der Waals surface area contributed by atoms with Crippen LogP contribution in [-0.2, 0) is 10.2 Å². The van der Waals surface area contributed by atoms with Gasteiger partial charge in [0, 0.05) is 0 Å². The molecule has 3 unspecified atom stereocenters. The highest BCUT2D eigenvalue weighted by Gasteiger charge is 2.30. The third-order valence-corrected chi connectivity index (χ3v) is 4.39. The summed E-state index contributed by atoms with van der Waals surface area (Å²) in [4.78, 5) is 0. The number of ether oxygens (including phenoxy) is 1. The second-order valence-electron chi connectivity index (χ2n) is 7.37. The maximum atomic E-state index is 6.11. The lowest BCUT2D eigenvalue weighted by Gasteiger charge is -2.26. The SMILES string of the molecule is CCCNC(c1ccc(C(C)(C)C)cc1)C1CCC(C)O1. The lowest BCUT2D eigenvalue weighted by molar-refractivity contribution is 0.0316. The average molecular weight is 289 g/mol. The number of rotatable bonds is 5. The molecule has 2 heteroatoms. The third-order valence-electron chi connectivity index (χ3n) is 4.39. The molecule has 21 heavy (non-hydrogen) atoms. The molecule has 0 amide bonds. The van der Waals surface area contributed by atoms with Gasteiger partial charge in [-0.15, -0.1) is 0 Å². The van der Waals surface area contributed by atoms with Gasteiger partial charge in [0.2, 0.25) is 0 Å². The molecule has 1 fully saturated rings. The monoisotopic (exact) mass is 289 g/mol. The standard InChI is InChI=1S/C19H31NO/c1-6-13-20-18(17-12-7-14(2)21-17)15-8-10-16(11-9-15)19(3,4)5/h8-11,14,17-18,20H,6-7,12-13H2,1-5H3. The molecule has 0 bridgehead atoms. The topological polar surface area (TPSA) is 21.3 Å². The molecule has 0 aliphatic carbocycles. The fraction of sp³-hybridized carbons (Fsp3) is 0.684. The van der Waals surface area contributed by atoms with Crippen LogP contribution < -0.4 is 5.32 Å². The van der Waals surface area contributed by atoms with Gasteiger partial charge in [0.05, 0.1) is 18.2 Å². The van der Waals surface area contributed by atoms with E-state index < -0.39 is 0 Å². The van der Waals surface area contributed by atoms with Crippen molar-refractivity contribution in [2.75, 3.05) is 6.54 Å². The fourth-order valence-electron chi connectivity index (χ4n) is 3.03. The summed E-state index contributed by atoms with van der Waals surface area (Å²) in [5.41, 5.74) is 2.96. The number of nitrogens with one attached hydrogen (secondary N) is 1. The molecule has 1 heterocycles. The second-order valence-corrected chi connectivity index (χ2v) is 7.37. The van der Waals surface area contributed by atoms with E-state index in [0.29, 0.717) is 18.2 Å². The number of hydrogen-bond acceptors (Lipinski definition) is 2. The van der Waals surface area contributed by atoms with Gasteiger partial charge in [0.15, 0.2) is 0 Å². The van der Waals surface area contributed by atoms with Crippen LogP contribution in [0.2, 0.25) is 0 Å². The van der Waals surface area contributed by atoms with E-state index in [1.54, 1.807) is 0 Å². The van der Waals surface area contributed by atoms with Crippen LogP contribution in [0.25, 0.3) is 0 Å². The Morgan fingerprint density at radius 2 is 1.86 bits per heavy atom. The Kier molecular flexibility index (Phi) is 5.45. The summed E-state index contributed by atoms with van der Waals surface area (Å²) in [5.74, 6) is 0. The third kappa shape index (κ3) is 4.31. The molecule has 118 valence electrons. The van der Waals surface area contributed by atoms with Crippen molar-refractivity contribution >= 4 is 0 Å². The van der Waals surface area contributed by atoms with E-state index in [2.05, 4.69) is 64.2 Å². The van der Waals surface area contributed by atoms with Gasteiger partial charge in [-0.3, -0.25) is 0 Å². The van der Waals surface area contributed by atoms with Gasteiger partial charge in [0.25, 0.3) is 0 Å². The van der Waals surface area contributed by atoms with Crippen LogP contribution in [0.3, 0.4) is 0 Å². The molecule has 1 aliphatic heterocycles. The Morgan fingerprint density at radius 1 is 1.19 bits per heavy atom. The molecule has 1 aromatic carbocycles. The number of hydrogen-bond donors (Lipinski definition) is 1. The van der Waals surface area contributed by atoms with Crippen molar-refractivity contribution in [1.82, 2.24) is 5.32 Å². The molecule has 0 saturated carbocycles. The van der Waals surface area contributed by atoms with Gasteiger partial charge in [-0.05, 0) is 49.3 Å². The molecule has 1 saturated heterocycles. The van der Waals surface area contributed by atoms with Crippen LogP contribution in [-0.4, -0.2) is 18.8 Å². The molecule has 1 N–H and O–H groups in total. The minimum Gasteiger partial charge on any atom is -0.373 e. The van der Waals surface area contributed by atoms with E-state index in [1.807, 2.05) is 0 Å². The zero-order chi connectivity index (χ0) is 15.5. The maximum Gasteiger partial charge on any atom is 0.0774 e. The maximum absolute atomic E-state index is 6.11. The first-order valence-corrected chi connectivity index (χ1v) is 8.41. The Labute approximate surface area is 130 Å². The Morgan fingerprint density at radius 3 is 2.33 bits per heavy atom. The Balaban J connectivity index is 2.16. The van der Waals surface area contributed by atoms with Crippen molar-refractivity contribution in [1.29, 1.82) is 0 Å². The molecule has 1 aromatic rings. The van der Waals surface area contributed by atoms with Crippen molar-refractivity contribution in [3.05, 3.63) is 35.4 Å². The molecule has 3 atom stereocenters. The highest BCUT2D eigenvalue weighted by atomic mass is 16.5. The van der Waals surface area contributed by atoms with Crippen LogP contribution in [0.4, 0.5) is 0 Å². The van der Waals surface area contributed by atoms with Gasteiger partial charge in [-0.1, -0.05) is 52.0 Å². The van der Waals surface area contributed by atoms with Crippen LogP contribution in [0.5, 0.6) is 0 Å². The second kappa shape index (κ2) is 6.93. The van der Waals surface area contributed by atoms with E-state index in [4.69, 9.17) is 4.74 Å². The first-order chi connectivity index (χ1) is 9.91. The normalized spacial score (nSPS) is 24.2. The smallest absolute Gasteiger partial charge is 0.0774 e. The highest BCUT2D eigenvalue weighted by Crippen LogP contribution is 2.31. The van der Waals surface area contributed by atoms with Crippen molar-refractivity contribution in [2.45, 2.75) is 77.5 Å². The molecular formula is C19H31NO. The summed E-state index contributed by atoms with van der Waals surface area (Å²) >= 11 is 0. The van der Waals surface area contributed by atoms with Crippen molar-refractivity contribution < 1.29 is 4.74 Å². The largest absolute Gasteiger partial charge is 0.373 e. The lowest BCUT2D eigenvalue weighted by atomic mass is 9.86. The average Bonchev–Trinajstić information content (AvgIpc) is 2.85. The molecule has 1 aliphatic rings. The highest BCUT2D eigenvalue weighted by molar-refractivity contribution is 5.30. The van der Waals surface area contributed by atoms with Crippen LogP contribution in [0.15, 0.2) is 24.3 Å². The lowest BCUT2D eigenvalue weighted by Crippen LogP contribution is -2.32. The van der Waals surface area contributed by atoms with E-state index in [1.165, 1.54) is 17.5 Å². The quantitative estimate of drug-likeness (QED) is 0.856. The van der Waals surface area contributed by atoms with Gasteiger partial charge in [-0.2, -0.15) is 0 Å². The summed E-state index contributed by atoms with van der Waals surface area (Å²) in [7, 11) is 0. The van der Waals surface area contributed by atoms with E-state index in [9.17, 15) is 0 Å². The van der Waals surface area contributed by atoms with E-state index >= 15 is 0 Å². The van der Waals surface area contributed by atoms with Gasteiger partial charge in [-0.25, -0.2) is 0 Å². The van der Waals surface area contributed by atoms with Crippen molar-refractivity contribution in [2.24, 2.45) is 0 Å². The molecule has 2 nitrogen and oxygen atoms in total. The summed E-state index contributed by atoms with van der Waals surface area (Å²) in [6.45, 7) is 12.2. The van der Waals surface area contributed by atoms with Crippen LogP contribution in [0.1, 0.15) is 71.0 Å². The molecular weight excluding hydrogens is 258 g/mol. The Bertz CT molecular complexity index is 432. The summed E-state index contributed by atoms with van der Waals surface area (Å²) < 4.78 is 6.11. The van der Waals surface area contributed by atoms with Crippen molar-refractivity contribution in [3.8, 4) is 0 Å². The zero-order valence-electron chi connectivity index (χ0n) is 14.3. The zero-order valence-corrected chi connectivity index (χ0v) is 14.3. The van der Waals surface area contributed by atoms with Crippen LogP contribution >= 0.6 is 0 Å². The summed E-state index contributed by atoms with van der Waals surface area (Å²) in [6.07, 6.45) is 4.19. The van der Waals surface area contributed by atoms with Gasteiger partial charge >= 0.3 is 0 Å². The number of benzene rings is 1. The fourth-order valence-corrected chi connectivity index (χ4v) is 3.03. The molecule has 0 radical (unpaired) electrons. The van der Waals surface area contributed by atoms with Crippen LogP contribution in [0, 0.1) is 0 Å². The minimum absolute atomic E-state index is 0.212. The summed E-state index contributed by atoms with van der Waals surface area (Å²) in [6, 6.07) is 9.42. The summed E-state index contributed by atoms with van der Waals surface area (Å²) in [5, 5.41) is 3.68. The Hall–Kier alpha value is -0.860. The minimum atomic E-state index is 0.212. The van der Waals surface area contributed by atoms with E-state index in [0.717, 1.165) is 19.4 Å². The first-order valence-electron chi connectivity index (χ1n) is 8.41. The van der Waals surface area contributed by atoms with Gasteiger partial charge < -0.3 is 10.1 Å². The molecule has 0 aromatic heterocycles. The molecule has 2 rings (SSSR count). The molecule has 0 spiro atoms. The van der Waals surface area contributed by atoms with Crippen molar-refractivity contribution in [3.63, 3.8) is 0 Å². The first kappa shape index (κ1) is 16.5. The van der Waals surface area contributed by atoms with Gasteiger partial charge in [0.1, 0.15) is 0 Å².